The molecule has 1 aromatic carbocycles. The van der Waals surface area contributed by atoms with Gasteiger partial charge in [-0.1, -0.05) is 17.7 Å². The Kier molecular flexibility index (Phi) is 5.54. The van der Waals surface area contributed by atoms with Crippen LogP contribution in [-0.2, 0) is 19.6 Å². The number of aryl methyl sites for hydroxylation is 1. The number of aromatic nitrogens is 1. The van der Waals surface area contributed by atoms with Crippen LogP contribution in [0.3, 0.4) is 0 Å². The Hall–Kier alpha value is -2.69. The molecule has 2 heterocycles. The molecule has 2 aromatic rings. The summed E-state index contributed by atoms with van der Waals surface area (Å²) in [5, 5.41) is 5.02. The lowest BCUT2D eigenvalue weighted by molar-refractivity contribution is -0.118. The van der Waals surface area contributed by atoms with Crippen molar-refractivity contribution in [3.8, 4) is 5.75 Å². The summed E-state index contributed by atoms with van der Waals surface area (Å²) in [4.78, 5) is 27.4. The van der Waals surface area contributed by atoms with E-state index in [1.165, 1.54) is 25.4 Å². The third-order valence-electron chi connectivity index (χ3n) is 3.99. The molecule has 1 aromatic heterocycles. The number of nitrogens with zero attached hydrogens (tertiary/aromatic N) is 2. The molecule has 9 nitrogen and oxygen atoms in total. The largest absolute Gasteiger partial charge is 0.482 e. The normalized spacial score (nSPS) is 13.5. The summed E-state index contributed by atoms with van der Waals surface area (Å²) in [6, 6.07) is 6.02. The zero-order valence-corrected chi connectivity index (χ0v) is 16.6. The number of amides is 2. The number of hydrogen-bond acceptors (Lipinski definition) is 6. The van der Waals surface area contributed by atoms with Gasteiger partial charge in [0.2, 0.25) is 15.9 Å². The number of likely N-dealkylation sites (N-methyl/N-ethyl adjacent to an activating group) is 1. The molecule has 0 spiro atoms. The number of anilines is 2. The van der Waals surface area contributed by atoms with E-state index in [0.29, 0.717) is 5.82 Å². The Bertz CT molecular complexity index is 1060. The summed E-state index contributed by atoms with van der Waals surface area (Å²) in [6.45, 7) is 1.11. The highest BCUT2D eigenvalue weighted by atomic mass is 35.5. The van der Waals surface area contributed by atoms with Crippen molar-refractivity contribution in [1.29, 1.82) is 0 Å². The monoisotopic (exact) mass is 424 g/mol. The van der Waals surface area contributed by atoms with Gasteiger partial charge >= 0.3 is 0 Å². The second kappa shape index (κ2) is 7.74. The highest BCUT2D eigenvalue weighted by molar-refractivity contribution is 7.89. The van der Waals surface area contributed by atoms with Crippen molar-refractivity contribution in [2.45, 2.75) is 11.8 Å². The van der Waals surface area contributed by atoms with E-state index in [1.807, 2.05) is 0 Å². The first kappa shape index (κ1) is 20.1. The number of pyridine rings is 1. The van der Waals surface area contributed by atoms with Crippen molar-refractivity contribution in [3.05, 3.63) is 41.0 Å². The number of rotatable bonds is 5. The SMILES string of the molecule is Cc1cccnc1NC(=O)CN(C)S(=O)(=O)c1cc2c(cc1Cl)NC(=O)CO2. The quantitative estimate of drug-likeness (QED) is 0.753. The van der Waals surface area contributed by atoms with Crippen molar-refractivity contribution in [2.75, 3.05) is 30.8 Å². The fourth-order valence-corrected chi connectivity index (χ4v) is 4.16. The van der Waals surface area contributed by atoms with Crippen molar-refractivity contribution < 1.29 is 22.7 Å². The lowest BCUT2D eigenvalue weighted by atomic mass is 10.2. The standard InChI is InChI=1S/C17H17ClN4O5S/c1-10-4-3-5-19-17(10)21-15(23)8-22(2)28(25,26)14-7-13-12(6-11(14)18)20-16(24)9-27-13/h3-7H,8-9H2,1-2H3,(H,20,24)(H,19,21,23). The zero-order chi connectivity index (χ0) is 20.5. The number of carbonyl (C=O) groups is 2. The molecular formula is C17H17ClN4O5S. The molecule has 0 radical (unpaired) electrons. The van der Waals surface area contributed by atoms with Crippen LogP contribution in [0.25, 0.3) is 0 Å². The lowest BCUT2D eigenvalue weighted by Crippen LogP contribution is -2.35. The van der Waals surface area contributed by atoms with Crippen LogP contribution in [0.1, 0.15) is 5.56 Å². The average Bonchev–Trinajstić information content (AvgIpc) is 2.62. The Balaban J connectivity index is 1.79. The van der Waals surface area contributed by atoms with Crippen LogP contribution in [0.5, 0.6) is 5.75 Å². The zero-order valence-electron chi connectivity index (χ0n) is 15.0. The van der Waals surface area contributed by atoms with Gasteiger partial charge in [-0.3, -0.25) is 9.59 Å². The summed E-state index contributed by atoms with van der Waals surface area (Å²) in [6.07, 6.45) is 1.52. The predicted molar refractivity (Wildman–Crippen MR) is 103 cm³/mol. The molecule has 1 aliphatic rings. The first-order valence-electron chi connectivity index (χ1n) is 8.12. The van der Waals surface area contributed by atoms with E-state index in [2.05, 4.69) is 15.6 Å². The van der Waals surface area contributed by atoms with Crippen LogP contribution in [0.15, 0.2) is 35.4 Å². The molecule has 0 saturated carbocycles. The number of hydrogen-bond donors (Lipinski definition) is 2. The number of ether oxygens (including phenoxy) is 1. The number of sulfonamides is 1. The maximum atomic E-state index is 12.9. The molecule has 2 N–H and O–H groups in total. The molecule has 1 aliphatic heterocycles. The maximum Gasteiger partial charge on any atom is 0.262 e. The number of fused-ring (bicyclic) bond motifs is 1. The highest BCUT2D eigenvalue weighted by Crippen LogP contribution is 2.36. The van der Waals surface area contributed by atoms with Crippen molar-refractivity contribution >= 4 is 44.9 Å². The fourth-order valence-electron chi connectivity index (χ4n) is 2.52. The lowest BCUT2D eigenvalue weighted by Gasteiger charge is -2.22. The number of benzene rings is 1. The molecule has 148 valence electrons. The van der Waals surface area contributed by atoms with Crippen LogP contribution in [0, 0.1) is 6.92 Å². The second-order valence-electron chi connectivity index (χ2n) is 6.09. The number of halogens is 1. The Morgan fingerprint density at radius 1 is 1.43 bits per heavy atom. The third kappa shape index (κ3) is 4.08. The fraction of sp³-hybridized carbons (Fsp3) is 0.235. The molecular weight excluding hydrogens is 408 g/mol. The molecule has 2 amide bonds. The van der Waals surface area contributed by atoms with E-state index >= 15 is 0 Å². The Labute approximate surface area is 166 Å². The van der Waals surface area contributed by atoms with Crippen LogP contribution in [0.4, 0.5) is 11.5 Å². The Morgan fingerprint density at radius 3 is 2.89 bits per heavy atom. The topological polar surface area (TPSA) is 118 Å². The minimum absolute atomic E-state index is 0.0996. The highest BCUT2D eigenvalue weighted by Gasteiger charge is 2.29. The number of carbonyl (C=O) groups excluding carboxylic acids is 2. The summed E-state index contributed by atoms with van der Waals surface area (Å²) in [5.41, 5.74) is 1.03. The van der Waals surface area contributed by atoms with Gasteiger partial charge in [-0.15, -0.1) is 0 Å². The maximum absolute atomic E-state index is 12.9. The second-order valence-corrected chi connectivity index (χ2v) is 8.51. The van der Waals surface area contributed by atoms with Crippen molar-refractivity contribution in [3.63, 3.8) is 0 Å². The molecule has 0 fully saturated rings. The average molecular weight is 425 g/mol. The van der Waals surface area contributed by atoms with E-state index < -0.39 is 22.5 Å². The van der Waals surface area contributed by atoms with E-state index in [1.54, 1.807) is 19.1 Å². The summed E-state index contributed by atoms with van der Waals surface area (Å²) in [7, 11) is -2.82. The molecule has 0 saturated heterocycles. The molecule has 11 heteroatoms. The molecule has 0 bridgehead atoms. The minimum Gasteiger partial charge on any atom is -0.482 e. The van der Waals surface area contributed by atoms with Crippen LogP contribution in [-0.4, -0.2) is 49.7 Å². The van der Waals surface area contributed by atoms with Gasteiger partial charge in [0.1, 0.15) is 16.5 Å². The van der Waals surface area contributed by atoms with E-state index in [9.17, 15) is 18.0 Å². The van der Waals surface area contributed by atoms with Gasteiger partial charge in [0.05, 0.1) is 17.3 Å². The van der Waals surface area contributed by atoms with Crippen LogP contribution in [0.2, 0.25) is 5.02 Å². The van der Waals surface area contributed by atoms with Crippen molar-refractivity contribution in [2.24, 2.45) is 0 Å². The van der Waals surface area contributed by atoms with Crippen LogP contribution < -0.4 is 15.4 Å². The molecule has 0 aliphatic carbocycles. The van der Waals surface area contributed by atoms with E-state index in [-0.39, 0.29) is 33.9 Å². The van der Waals surface area contributed by atoms with Gasteiger partial charge in [0.15, 0.2) is 6.61 Å². The van der Waals surface area contributed by atoms with E-state index in [4.69, 9.17) is 16.3 Å². The smallest absolute Gasteiger partial charge is 0.262 e. The van der Waals surface area contributed by atoms with Gasteiger partial charge in [0, 0.05) is 19.3 Å². The molecule has 0 atom stereocenters. The molecule has 28 heavy (non-hydrogen) atoms. The van der Waals surface area contributed by atoms with Crippen molar-refractivity contribution in [1.82, 2.24) is 9.29 Å². The predicted octanol–water partition coefficient (Wildman–Crippen LogP) is 1.63. The molecule has 0 unspecified atom stereocenters. The summed E-state index contributed by atoms with van der Waals surface area (Å²) in [5.74, 6) is -0.373. The summed E-state index contributed by atoms with van der Waals surface area (Å²) < 4.78 is 31.8. The first-order valence-corrected chi connectivity index (χ1v) is 9.94. The number of nitrogens with one attached hydrogen (secondary N) is 2. The Morgan fingerprint density at radius 2 is 2.18 bits per heavy atom. The van der Waals surface area contributed by atoms with Gasteiger partial charge < -0.3 is 15.4 Å². The summed E-state index contributed by atoms with van der Waals surface area (Å²) >= 11 is 6.10. The van der Waals surface area contributed by atoms with Crippen LogP contribution >= 0.6 is 11.6 Å². The van der Waals surface area contributed by atoms with E-state index in [0.717, 1.165) is 9.87 Å². The van der Waals surface area contributed by atoms with Gasteiger partial charge in [-0.25, -0.2) is 13.4 Å². The van der Waals surface area contributed by atoms with Gasteiger partial charge in [0.25, 0.3) is 5.91 Å². The third-order valence-corrected chi connectivity index (χ3v) is 6.26. The van der Waals surface area contributed by atoms with Gasteiger partial charge in [-0.05, 0) is 24.6 Å². The first-order chi connectivity index (χ1) is 13.2. The van der Waals surface area contributed by atoms with Gasteiger partial charge in [-0.2, -0.15) is 4.31 Å². The molecule has 3 rings (SSSR count). The minimum atomic E-state index is -4.09.